The number of phenols is 1. The molecule has 0 atom stereocenters. The lowest BCUT2D eigenvalue weighted by Crippen LogP contribution is -1.98. The molecule has 0 amide bonds. The first-order valence-electron chi connectivity index (χ1n) is 6.79. The van der Waals surface area contributed by atoms with Crippen LogP contribution in [0.3, 0.4) is 0 Å². The number of aromatic hydroxyl groups is 1. The van der Waals surface area contributed by atoms with E-state index in [0.29, 0.717) is 5.75 Å². The first-order chi connectivity index (χ1) is 8.58. The minimum atomic E-state index is 0.115. The molecular weight excluding hydrogens is 232 g/mol. The van der Waals surface area contributed by atoms with Crippen LogP contribution >= 0.6 is 0 Å². The van der Waals surface area contributed by atoms with E-state index in [-0.39, 0.29) is 10.8 Å². The summed E-state index contributed by atoms with van der Waals surface area (Å²) in [6.45, 7) is 12.9. The Balaban J connectivity index is 3.06. The Labute approximate surface area is 117 Å². The van der Waals surface area contributed by atoms with Gasteiger partial charge in [-0.2, -0.15) is 0 Å². The molecular formula is C18H26O. The number of hydrogen-bond acceptors (Lipinski definition) is 1. The zero-order chi connectivity index (χ0) is 14.7. The van der Waals surface area contributed by atoms with Crippen LogP contribution in [-0.2, 0) is 0 Å². The lowest BCUT2D eigenvalue weighted by atomic mass is 9.93. The fourth-order valence-corrected chi connectivity index (χ4v) is 1.53. The molecule has 0 aromatic heterocycles. The normalized spacial score (nSPS) is 13.6. The van der Waals surface area contributed by atoms with Crippen molar-refractivity contribution < 1.29 is 5.11 Å². The monoisotopic (exact) mass is 258 g/mol. The largest absolute Gasteiger partial charge is 0.507 e. The molecule has 1 heteroatoms. The van der Waals surface area contributed by atoms with Crippen molar-refractivity contribution in [3.05, 3.63) is 41.5 Å². The minimum absolute atomic E-state index is 0.115. The number of benzene rings is 1. The van der Waals surface area contributed by atoms with Gasteiger partial charge in [-0.1, -0.05) is 84.0 Å². The third kappa shape index (κ3) is 5.78. The van der Waals surface area contributed by atoms with Gasteiger partial charge in [0.25, 0.3) is 0 Å². The van der Waals surface area contributed by atoms with Gasteiger partial charge in [0.2, 0.25) is 0 Å². The van der Waals surface area contributed by atoms with E-state index in [1.54, 1.807) is 0 Å². The van der Waals surface area contributed by atoms with E-state index >= 15 is 0 Å². The molecule has 0 aliphatic rings. The molecule has 19 heavy (non-hydrogen) atoms. The Bertz CT molecular complexity index is 437. The van der Waals surface area contributed by atoms with Crippen molar-refractivity contribution in [3.63, 3.8) is 0 Å². The number of rotatable bonds is 2. The standard InChI is InChI=1S/C18H26O/c1-17(2,3)12-10-14-8-7-9-15(16(14)19)11-13-18(4,5)6/h7-13,19H,1-6H3/b12-10+,13-11+. The SMILES string of the molecule is CC(C)(C)/C=C/c1cccc(/C=C/C(C)(C)C)c1O. The number of allylic oxidation sites excluding steroid dienone is 2. The summed E-state index contributed by atoms with van der Waals surface area (Å²) in [4.78, 5) is 0. The zero-order valence-corrected chi connectivity index (χ0v) is 13.0. The molecule has 1 aromatic carbocycles. The molecule has 1 N–H and O–H groups in total. The van der Waals surface area contributed by atoms with Crippen LogP contribution in [0.1, 0.15) is 52.7 Å². The van der Waals surface area contributed by atoms with Gasteiger partial charge in [-0.25, -0.2) is 0 Å². The molecule has 0 unspecified atom stereocenters. The van der Waals surface area contributed by atoms with E-state index in [9.17, 15) is 5.11 Å². The Hall–Kier alpha value is -1.50. The molecule has 0 saturated heterocycles. The molecule has 0 bridgehead atoms. The van der Waals surface area contributed by atoms with Crippen LogP contribution in [0.25, 0.3) is 12.2 Å². The fourth-order valence-electron chi connectivity index (χ4n) is 1.53. The Morgan fingerprint density at radius 3 is 1.47 bits per heavy atom. The summed E-state index contributed by atoms with van der Waals surface area (Å²) in [6, 6.07) is 5.85. The maximum atomic E-state index is 10.3. The van der Waals surface area contributed by atoms with E-state index in [1.807, 2.05) is 30.4 Å². The van der Waals surface area contributed by atoms with E-state index in [2.05, 4.69) is 53.7 Å². The highest BCUT2D eigenvalue weighted by Gasteiger charge is 2.08. The minimum Gasteiger partial charge on any atom is -0.507 e. The van der Waals surface area contributed by atoms with E-state index in [0.717, 1.165) is 11.1 Å². The van der Waals surface area contributed by atoms with E-state index < -0.39 is 0 Å². The lowest BCUT2D eigenvalue weighted by Gasteiger charge is -2.13. The summed E-state index contributed by atoms with van der Waals surface area (Å²) >= 11 is 0. The van der Waals surface area contributed by atoms with Gasteiger partial charge >= 0.3 is 0 Å². The Morgan fingerprint density at radius 1 is 0.789 bits per heavy atom. The van der Waals surface area contributed by atoms with Crippen molar-refractivity contribution in [2.75, 3.05) is 0 Å². The Kier molecular flexibility index (Phi) is 4.62. The van der Waals surface area contributed by atoms with Crippen molar-refractivity contribution in [1.29, 1.82) is 0 Å². The molecule has 104 valence electrons. The van der Waals surface area contributed by atoms with Crippen molar-refractivity contribution in [2.24, 2.45) is 10.8 Å². The molecule has 0 radical (unpaired) electrons. The third-order valence-corrected chi connectivity index (χ3v) is 2.62. The smallest absolute Gasteiger partial charge is 0.129 e. The van der Waals surface area contributed by atoms with Crippen LogP contribution in [0.5, 0.6) is 5.75 Å². The number of phenolic OH excluding ortho intramolecular Hbond substituents is 1. The van der Waals surface area contributed by atoms with Gasteiger partial charge in [-0.3, -0.25) is 0 Å². The molecule has 1 rings (SSSR count). The summed E-state index contributed by atoms with van der Waals surface area (Å²) in [7, 11) is 0. The van der Waals surface area contributed by atoms with Crippen molar-refractivity contribution in [3.8, 4) is 5.75 Å². The second kappa shape index (κ2) is 5.64. The maximum absolute atomic E-state index is 10.3. The highest BCUT2D eigenvalue weighted by Crippen LogP contribution is 2.28. The molecule has 1 nitrogen and oxygen atoms in total. The molecule has 0 spiro atoms. The van der Waals surface area contributed by atoms with Crippen molar-refractivity contribution in [1.82, 2.24) is 0 Å². The predicted molar refractivity (Wildman–Crippen MR) is 85.1 cm³/mol. The second-order valence-electron chi connectivity index (χ2n) is 7.18. The molecule has 0 aliphatic heterocycles. The van der Waals surface area contributed by atoms with Gasteiger partial charge in [0.15, 0.2) is 0 Å². The summed E-state index contributed by atoms with van der Waals surface area (Å²) < 4.78 is 0. The summed E-state index contributed by atoms with van der Waals surface area (Å²) in [5.74, 6) is 0.350. The van der Waals surface area contributed by atoms with Gasteiger partial charge in [0.1, 0.15) is 5.75 Å². The Morgan fingerprint density at radius 2 is 1.16 bits per heavy atom. The predicted octanol–water partition coefficient (Wildman–Crippen LogP) is 5.51. The third-order valence-electron chi connectivity index (χ3n) is 2.62. The van der Waals surface area contributed by atoms with Crippen LogP contribution in [0, 0.1) is 10.8 Å². The van der Waals surface area contributed by atoms with Crippen LogP contribution < -0.4 is 0 Å². The molecule has 0 fully saturated rings. The first-order valence-corrected chi connectivity index (χ1v) is 6.79. The van der Waals surface area contributed by atoms with Gasteiger partial charge < -0.3 is 5.11 Å². The molecule has 0 heterocycles. The fraction of sp³-hybridized carbons (Fsp3) is 0.444. The number of para-hydroxylation sites is 1. The van der Waals surface area contributed by atoms with E-state index in [4.69, 9.17) is 0 Å². The number of hydrogen-bond donors (Lipinski definition) is 1. The van der Waals surface area contributed by atoms with Crippen molar-refractivity contribution in [2.45, 2.75) is 41.5 Å². The molecule has 0 saturated carbocycles. The zero-order valence-electron chi connectivity index (χ0n) is 13.0. The average molecular weight is 258 g/mol. The van der Waals surface area contributed by atoms with Crippen LogP contribution in [0.2, 0.25) is 0 Å². The quantitative estimate of drug-likeness (QED) is 0.741. The highest BCUT2D eigenvalue weighted by molar-refractivity contribution is 5.67. The van der Waals surface area contributed by atoms with Crippen LogP contribution in [-0.4, -0.2) is 5.11 Å². The summed E-state index contributed by atoms with van der Waals surface area (Å²) in [5, 5.41) is 10.3. The lowest BCUT2D eigenvalue weighted by molar-refractivity contribution is 0.472. The maximum Gasteiger partial charge on any atom is 0.129 e. The summed E-state index contributed by atoms with van der Waals surface area (Å²) in [5.41, 5.74) is 1.96. The van der Waals surface area contributed by atoms with Crippen LogP contribution in [0.15, 0.2) is 30.4 Å². The van der Waals surface area contributed by atoms with Gasteiger partial charge in [0, 0.05) is 11.1 Å². The summed E-state index contributed by atoms with van der Waals surface area (Å²) in [6.07, 6.45) is 8.20. The van der Waals surface area contributed by atoms with Gasteiger partial charge in [0.05, 0.1) is 0 Å². The van der Waals surface area contributed by atoms with Crippen LogP contribution in [0.4, 0.5) is 0 Å². The average Bonchev–Trinajstić information content (AvgIpc) is 2.23. The van der Waals surface area contributed by atoms with Gasteiger partial charge in [-0.05, 0) is 10.8 Å². The van der Waals surface area contributed by atoms with E-state index in [1.165, 1.54) is 0 Å². The first kappa shape index (κ1) is 15.6. The molecule has 0 aliphatic carbocycles. The van der Waals surface area contributed by atoms with Gasteiger partial charge in [-0.15, -0.1) is 0 Å². The van der Waals surface area contributed by atoms with Crippen molar-refractivity contribution >= 4 is 12.2 Å². The topological polar surface area (TPSA) is 20.2 Å². The molecule has 1 aromatic rings. The highest BCUT2D eigenvalue weighted by atomic mass is 16.3. The second-order valence-corrected chi connectivity index (χ2v) is 7.18.